The van der Waals surface area contributed by atoms with Gasteiger partial charge in [0.05, 0.1) is 19.6 Å². The molecule has 23 heavy (non-hydrogen) atoms. The number of aliphatic hydroxyl groups is 2. The van der Waals surface area contributed by atoms with Crippen LogP contribution in [0.2, 0.25) is 0 Å². The number of carboxylic acid groups (broad SMARTS) is 1. The molecule has 1 aromatic carbocycles. The Morgan fingerprint density at radius 1 is 1.26 bits per heavy atom. The molecule has 0 radical (unpaired) electrons. The first-order valence-corrected chi connectivity index (χ1v) is 7.00. The van der Waals surface area contributed by atoms with E-state index < -0.39 is 36.0 Å². The lowest BCUT2D eigenvalue weighted by atomic mass is 9.84. The Bertz CT molecular complexity index is 547. The van der Waals surface area contributed by atoms with E-state index in [0.717, 1.165) is 5.56 Å². The van der Waals surface area contributed by atoms with Gasteiger partial charge in [-0.25, -0.2) is 0 Å². The fraction of sp³-hybridized carbons (Fsp3) is 0.467. The lowest BCUT2D eigenvalue weighted by molar-refractivity contribution is -0.154. The Labute approximate surface area is 133 Å². The molecule has 0 saturated heterocycles. The van der Waals surface area contributed by atoms with Crippen LogP contribution >= 0.6 is 0 Å². The second-order valence-electron chi connectivity index (χ2n) is 5.39. The highest BCUT2D eigenvalue weighted by molar-refractivity contribution is 5.87. The van der Waals surface area contributed by atoms with E-state index in [2.05, 4.69) is 0 Å². The molecule has 8 heteroatoms. The van der Waals surface area contributed by atoms with Crippen LogP contribution < -0.4 is 16.2 Å². The third kappa shape index (κ3) is 4.92. The Morgan fingerprint density at radius 3 is 2.26 bits per heavy atom. The Hall–Kier alpha value is -2.16. The van der Waals surface area contributed by atoms with Crippen molar-refractivity contribution in [3.8, 4) is 5.75 Å². The summed E-state index contributed by atoms with van der Waals surface area (Å²) in [6.45, 7) is 0. The molecule has 0 heterocycles. The van der Waals surface area contributed by atoms with Gasteiger partial charge in [-0.05, 0) is 30.5 Å². The summed E-state index contributed by atoms with van der Waals surface area (Å²) in [4.78, 5) is 22.2. The molecule has 0 aliphatic carbocycles. The SMILES string of the molecule is COc1ccc(CC[C@H](O)[C@@H](O)C(N)(CC(N)=O)C(=O)O)cc1. The number of hydrogen-bond donors (Lipinski definition) is 5. The first-order chi connectivity index (χ1) is 10.7. The fourth-order valence-corrected chi connectivity index (χ4v) is 2.20. The number of aryl methyl sites for hydroxylation is 1. The van der Waals surface area contributed by atoms with Crippen molar-refractivity contribution in [3.63, 3.8) is 0 Å². The van der Waals surface area contributed by atoms with Crippen LogP contribution in [0.4, 0.5) is 0 Å². The molecule has 8 nitrogen and oxygen atoms in total. The molecule has 128 valence electrons. The number of hydrogen-bond acceptors (Lipinski definition) is 6. The number of carbonyl (C=O) groups excluding carboxylic acids is 1. The van der Waals surface area contributed by atoms with Gasteiger partial charge in [0.15, 0.2) is 5.54 Å². The maximum absolute atomic E-state index is 11.2. The van der Waals surface area contributed by atoms with E-state index in [9.17, 15) is 19.8 Å². The molecular weight excluding hydrogens is 304 g/mol. The first-order valence-electron chi connectivity index (χ1n) is 7.00. The minimum absolute atomic E-state index is 0.0679. The summed E-state index contributed by atoms with van der Waals surface area (Å²) in [5.74, 6) is -1.90. The molecule has 0 fully saturated rings. The minimum atomic E-state index is -2.33. The molecule has 1 aromatic rings. The molecule has 0 aromatic heterocycles. The number of carboxylic acids is 1. The van der Waals surface area contributed by atoms with Crippen molar-refractivity contribution in [2.45, 2.75) is 37.0 Å². The fourth-order valence-electron chi connectivity index (χ4n) is 2.20. The highest BCUT2D eigenvalue weighted by atomic mass is 16.5. The van der Waals surface area contributed by atoms with Crippen LogP contribution in [0, 0.1) is 0 Å². The first kappa shape index (κ1) is 18.9. The lowest BCUT2D eigenvalue weighted by Gasteiger charge is -2.32. The summed E-state index contributed by atoms with van der Waals surface area (Å²) in [6, 6.07) is 7.06. The van der Waals surface area contributed by atoms with Gasteiger partial charge in [-0.3, -0.25) is 9.59 Å². The molecule has 0 aliphatic rings. The van der Waals surface area contributed by atoms with E-state index in [1.165, 1.54) is 0 Å². The molecule has 0 spiro atoms. The van der Waals surface area contributed by atoms with Gasteiger partial charge in [-0.15, -0.1) is 0 Å². The predicted octanol–water partition coefficient (Wildman–Crippen LogP) is -0.993. The van der Waals surface area contributed by atoms with Gasteiger partial charge in [-0.1, -0.05) is 12.1 Å². The number of ether oxygens (including phenoxy) is 1. The van der Waals surface area contributed by atoms with E-state index in [0.29, 0.717) is 12.2 Å². The summed E-state index contributed by atoms with van der Waals surface area (Å²) in [5.41, 5.74) is 9.06. The largest absolute Gasteiger partial charge is 0.497 e. The van der Waals surface area contributed by atoms with Crippen LogP contribution in [0.15, 0.2) is 24.3 Å². The summed E-state index contributed by atoms with van der Waals surface area (Å²) in [5, 5.41) is 29.2. The van der Waals surface area contributed by atoms with Gasteiger partial charge in [-0.2, -0.15) is 0 Å². The van der Waals surface area contributed by atoms with Gasteiger partial charge in [0, 0.05) is 0 Å². The summed E-state index contributed by atoms with van der Waals surface area (Å²) >= 11 is 0. The van der Waals surface area contributed by atoms with Crippen LogP contribution in [0.25, 0.3) is 0 Å². The van der Waals surface area contributed by atoms with E-state index in [1.807, 2.05) is 0 Å². The molecule has 0 saturated carbocycles. The van der Waals surface area contributed by atoms with Crippen molar-refractivity contribution in [2.24, 2.45) is 11.5 Å². The molecule has 0 bridgehead atoms. The number of methoxy groups -OCH3 is 1. The van der Waals surface area contributed by atoms with Crippen molar-refractivity contribution in [3.05, 3.63) is 29.8 Å². The summed E-state index contributed by atoms with van der Waals surface area (Å²) < 4.78 is 5.03. The highest BCUT2D eigenvalue weighted by Crippen LogP contribution is 2.20. The molecule has 3 atom stereocenters. The van der Waals surface area contributed by atoms with E-state index in [4.69, 9.17) is 21.3 Å². The normalized spacial score (nSPS) is 16.2. The zero-order valence-electron chi connectivity index (χ0n) is 12.8. The number of amides is 1. The number of carbonyl (C=O) groups is 2. The number of benzene rings is 1. The average molecular weight is 326 g/mol. The molecule has 7 N–H and O–H groups in total. The van der Waals surface area contributed by atoms with Gasteiger partial charge in [0.1, 0.15) is 11.9 Å². The average Bonchev–Trinajstić information content (AvgIpc) is 2.51. The zero-order chi connectivity index (χ0) is 17.6. The van der Waals surface area contributed by atoms with Crippen molar-refractivity contribution >= 4 is 11.9 Å². The van der Waals surface area contributed by atoms with Gasteiger partial charge < -0.3 is 31.5 Å². The number of aliphatic carboxylic acids is 1. The standard InChI is InChI=1S/C15H22N2O6/c1-23-10-5-2-9(3-6-10)4-7-11(18)13(20)15(17,14(21)22)8-12(16)19/h2-3,5-6,11,13,18,20H,4,7-8,17H2,1H3,(H2,16,19)(H,21,22)/t11-,13+,15?/m0/s1. The zero-order valence-corrected chi connectivity index (χ0v) is 12.8. The number of nitrogens with two attached hydrogens (primary N) is 2. The maximum atomic E-state index is 11.2. The topological polar surface area (TPSA) is 156 Å². The quantitative estimate of drug-likeness (QED) is 0.390. The minimum Gasteiger partial charge on any atom is -0.497 e. The van der Waals surface area contributed by atoms with Crippen molar-refractivity contribution in [1.82, 2.24) is 0 Å². The second-order valence-corrected chi connectivity index (χ2v) is 5.39. The van der Waals surface area contributed by atoms with E-state index in [1.54, 1.807) is 31.4 Å². The molecule has 1 unspecified atom stereocenters. The van der Waals surface area contributed by atoms with Gasteiger partial charge in [0.2, 0.25) is 5.91 Å². The van der Waals surface area contributed by atoms with Crippen molar-refractivity contribution in [2.75, 3.05) is 7.11 Å². The molecular formula is C15H22N2O6. The second kappa shape index (κ2) is 7.91. The predicted molar refractivity (Wildman–Crippen MR) is 81.7 cm³/mol. The maximum Gasteiger partial charge on any atom is 0.327 e. The molecule has 1 rings (SSSR count). The van der Waals surface area contributed by atoms with Crippen LogP contribution in [-0.4, -0.2) is 52.1 Å². The number of aliphatic hydroxyl groups excluding tert-OH is 2. The molecule has 1 amide bonds. The highest BCUT2D eigenvalue weighted by Gasteiger charge is 2.46. The van der Waals surface area contributed by atoms with E-state index in [-0.39, 0.29) is 6.42 Å². The smallest absolute Gasteiger partial charge is 0.327 e. The third-order valence-electron chi connectivity index (χ3n) is 3.64. The van der Waals surface area contributed by atoms with Gasteiger partial charge in [0.25, 0.3) is 0 Å². The van der Waals surface area contributed by atoms with Crippen molar-refractivity contribution < 1.29 is 29.6 Å². The van der Waals surface area contributed by atoms with Crippen LogP contribution in [0.5, 0.6) is 5.75 Å². The van der Waals surface area contributed by atoms with Crippen LogP contribution in [0.1, 0.15) is 18.4 Å². The van der Waals surface area contributed by atoms with Gasteiger partial charge >= 0.3 is 5.97 Å². The number of primary amides is 1. The Kier molecular flexibility index (Phi) is 6.49. The van der Waals surface area contributed by atoms with Crippen LogP contribution in [0.3, 0.4) is 0 Å². The van der Waals surface area contributed by atoms with E-state index >= 15 is 0 Å². The Balaban J connectivity index is 2.72. The monoisotopic (exact) mass is 326 g/mol. The van der Waals surface area contributed by atoms with Crippen LogP contribution in [-0.2, 0) is 16.0 Å². The Morgan fingerprint density at radius 2 is 1.83 bits per heavy atom. The summed E-state index contributed by atoms with van der Waals surface area (Å²) in [7, 11) is 1.54. The van der Waals surface area contributed by atoms with Crippen molar-refractivity contribution in [1.29, 1.82) is 0 Å². The lowest BCUT2D eigenvalue weighted by Crippen LogP contribution is -2.62. The summed E-state index contributed by atoms with van der Waals surface area (Å²) in [6.07, 6.45) is -3.57. The number of rotatable bonds is 9. The third-order valence-corrected chi connectivity index (χ3v) is 3.64. The molecule has 0 aliphatic heterocycles.